The molecule has 2 saturated heterocycles. The Morgan fingerprint density at radius 2 is 2.21 bits per heavy atom. The molecular weight excluding hydrogens is 306 g/mol. The SMILES string of the molecule is O=C(O)[C@]12CCOC[C@H]1CN(Cc1cnn(-c3ccccc3)c1)C2. The van der Waals surface area contributed by atoms with Crippen molar-refractivity contribution in [2.45, 2.75) is 13.0 Å². The zero-order chi connectivity index (χ0) is 16.6. The van der Waals surface area contributed by atoms with E-state index in [-0.39, 0.29) is 5.92 Å². The van der Waals surface area contributed by atoms with Crippen LogP contribution in [-0.4, -0.2) is 52.1 Å². The molecule has 2 aliphatic heterocycles. The van der Waals surface area contributed by atoms with E-state index >= 15 is 0 Å². The van der Waals surface area contributed by atoms with Crippen LogP contribution in [0.5, 0.6) is 0 Å². The second-order valence-corrected chi connectivity index (χ2v) is 6.78. The molecule has 1 aromatic carbocycles. The molecule has 6 heteroatoms. The van der Waals surface area contributed by atoms with Crippen LogP contribution in [0.3, 0.4) is 0 Å². The van der Waals surface area contributed by atoms with Crippen molar-refractivity contribution in [3.63, 3.8) is 0 Å². The topological polar surface area (TPSA) is 67.6 Å². The lowest BCUT2D eigenvalue weighted by Crippen LogP contribution is -2.44. The summed E-state index contributed by atoms with van der Waals surface area (Å²) in [6.45, 7) is 3.17. The zero-order valence-corrected chi connectivity index (χ0v) is 13.5. The van der Waals surface area contributed by atoms with Crippen LogP contribution in [-0.2, 0) is 16.1 Å². The number of hydrogen-bond acceptors (Lipinski definition) is 4. The molecule has 2 aliphatic rings. The van der Waals surface area contributed by atoms with E-state index < -0.39 is 11.4 Å². The smallest absolute Gasteiger partial charge is 0.311 e. The van der Waals surface area contributed by atoms with Crippen LogP contribution in [0.2, 0.25) is 0 Å². The molecule has 24 heavy (non-hydrogen) atoms. The van der Waals surface area contributed by atoms with Crippen LogP contribution < -0.4 is 0 Å². The highest BCUT2D eigenvalue weighted by Crippen LogP contribution is 2.42. The summed E-state index contributed by atoms with van der Waals surface area (Å²) >= 11 is 0. The second-order valence-electron chi connectivity index (χ2n) is 6.78. The summed E-state index contributed by atoms with van der Waals surface area (Å²) in [6.07, 6.45) is 4.48. The molecule has 0 bridgehead atoms. The first kappa shape index (κ1) is 15.4. The minimum absolute atomic E-state index is 0.0768. The van der Waals surface area contributed by atoms with Crippen molar-refractivity contribution >= 4 is 5.97 Å². The lowest BCUT2D eigenvalue weighted by molar-refractivity contribution is -0.157. The molecular formula is C18H21N3O3. The number of likely N-dealkylation sites (tertiary alicyclic amines) is 1. The van der Waals surface area contributed by atoms with Gasteiger partial charge in [0.05, 0.1) is 23.9 Å². The lowest BCUT2D eigenvalue weighted by Gasteiger charge is -2.34. The Labute approximate surface area is 140 Å². The predicted octanol–water partition coefficient (Wildman–Crippen LogP) is 1.80. The second kappa shape index (κ2) is 6.03. The van der Waals surface area contributed by atoms with Crippen molar-refractivity contribution in [1.82, 2.24) is 14.7 Å². The third-order valence-corrected chi connectivity index (χ3v) is 5.27. The molecule has 0 saturated carbocycles. The summed E-state index contributed by atoms with van der Waals surface area (Å²) in [6, 6.07) is 9.97. The molecule has 2 atom stereocenters. The molecule has 1 aromatic heterocycles. The van der Waals surface area contributed by atoms with Gasteiger partial charge in [-0.2, -0.15) is 5.10 Å². The van der Waals surface area contributed by atoms with E-state index in [9.17, 15) is 9.90 Å². The van der Waals surface area contributed by atoms with Crippen LogP contribution >= 0.6 is 0 Å². The van der Waals surface area contributed by atoms with Crippen molar-refractivity contribution in [3.8, 4) is 5.69 Å². The molecule has 0 amide bonds. The average molecular weight is 327 g/mol. The first-order valence-electron chi connectivity index (χ1n) is 8.30. The van der Waals surface area contributed by atoms with Gasteiger partial charge in [-0.15, -0.1) is 0 Å². The van der Waals surface area contributed by atoms with E-state index in [1.807, 2.05) is 47.4 Å². The highest BCUT2D eigenvalue weighted by atomic mass is 16.5. The summed E-state index contributed by atoms with van der Waals surface area (Å²) in [7, 11) is 0. The molecule has 6 nitrogen and oxygen atoms in total. The summed E-state index contributed by atoms with van der Waals surface area (Å²) in [5.74, 6) is -0.605. The van der Waals surface area contributed by atoms with Gasteiger partial charge in [-0.3, -0.25) is 9.69 Å². The number of carboxylic acids is 1. The number of carboxylic acid groups (broad SMARTS) is 1. The number of benzene rings is 1. The lowest BCUT2D eigenvalue weighted by atomic mass is 9.74. The molecule has 2 fully saturated rings. The Bertz CT molecular complexity index is 730. The van der Waals surface area contributed by atoms with Crippen molar-refractivity contribution < 1.29 is 14.6 Å². The summed E-state index contributed by atoms with van der Waals surface area (Å²) in [4.78, 5) is 14.1. The van der Waals surface area contributed by atoms with Gasteiger partial charge in [-0.25, -0.2) is 4.68 Å². The highest BCUT2D eigenvalue weighted by molar-refractivity contribution is 5.76. The number of nitrogens with zero attached hydrogens (tertiary/aromatic N) is 3. The number of rotatable bonds is 4. The normalized spacial score (nSPS) is 27.1. The standard InChI is InChI=1S/C18H21N3O3/c22-17(23)18-6-7-24-12-15(18)11-20(13-18)9-14-8-19-21(10-14)16-4-2-1-3-5-16/h1-5,8,10,15H,6-7,9,11-13H2,(H,22,23)/t15-,18+/m1/s1. The van der Waals surface area contributed by atoms with Crippen LogP contribution in [0.25, 0.3) is 5.69 Å². The van der Waals surface area contributed by atoms with E-state index in [0.29, 0.717) is 26.2 Å². The first-order chi connectivity index (χ1) is 11.7. The van der Waals surface area contributed by atoms with Crippen LogP contribution in [0.4, 0.5) is 0 Å². The van der Waals surface area contributed by atoms with Crippen molar-refractivity contribution in [2.24, 2.45) is 11.3 Å². The van der Waals surface area contributed by atoms with Gasteiger partial charge >= 0.3 is 5.97 Å². The maximum Gasteiger partial charge on any atom is 0.311 e. The first-order valence-corrected chi connectivity index (χ1v) is 8.30. The van der Waals surface area contributed by atoms with E-state index in [2.05, 4.69) is 10.00 Å². The number of carbonyl (C=O) groups is 1. The Hall–Kier alpha value is -2.18. The van der Waals surface area contributed by atoms with Gasteiger partial charge in [-0.05, 0) is 18.6 Å². The zero-order valence-electron chi connectivity index (χ0n) is 13.5. The summed E-state index contributed by atoms with van der Waals surface area (Å²) in [5.41, 5.74) is 1.47. The van der Waals surface area contributed by atoms with Gasteiger partial charge in [0, 0.05) is 43.9 Å². The molecule has 0 radical (unpaired) electrons. The third-order valence-electron chi connectivity index (χ3n) is 5.27. The quantitative estimate of drug-likeness (QED) is 0.927. The van der Waals surface area contributed by atoms with E-state index in [0.717, 1.165) is 24.3 Å². The number of para-hydroxylation sites is 1. The number of hydrogen-bond donors (Lipinski definition) is 1. The fourth-order valence-electron chi connectivity index (χ4n) is 3.95. The van der Waals surface area contributed by atoms with Crippen LogP contribution in [0, 0.1) is 11.3 Å². The Balaban J connectivity index is 1.49. The minimum atomic E-state index is -0.682. The molecule has 4 rings (SSSR count). The molecule has 3 heterocycles. The molecule has 126 valence electrons. The summed E-state index contributed by atoms with van der Waals surface area (Å²) < 4.78 is 7.37. The van der Waals surface area contributed by atoms with Gasteiger partial charge in [-0.1, -0.05) is 18.2 Å². The van der Waals surface area contributed by atoms with Crippen molar-refractivity contribution in [1.29, 1.82) is 0 Å². The fourth-order valence-corrected chi connectivity index (χ4v) is 3.95. The van der Waals surface area contributed by atoms with Crippen molar-refractivity contribution in [2.75, 3.05) is 26.3 Å². The van der Waals surface area contributed by atoms with Gasteiger partial charge in [0.15, 0.2) is 0 Å². The highest BCUT2D eigenvalue weighted by Gasteiger charge is 2.53. The van der Waals surface area contributed by atoms with Gasteiger partial charge in [0.25, 0.3) is 0 Å². The van der Waals surface area contributed by atoms with E-state index in [4.69, 9.17) is 4.74 Å². The van der Waals surface area contributed by atoms with E-state index in [1.165, 1.54) is 0 Å². The molecule has 0 spiro atoms. The Morgan fingerprint density at radius 1 is 1.38 bits per heavy atom. The molecule has 1 N–H and O–H groups in total. The number of ether oxygens (including phenoxy) is 1. The minimum Gasteiger partial charge on any atom is -0.481 e. The Morgan fingerprint density at radius 3 is 2.96 bits per heavy atom. The molecule has 2 aromatic rings. The van der Waals surface area contributed by atoms with Crippen LogP contribution in [0.15, 0.2) is 42.7 Å². The largest absolute Gasteiger partial charge is 0.481 e. The van der Waals surface area contributed by atoms with Crippen molar-refractivity contribution in [3.05, 3.63) is 48.3 Å². The van der Waals surface area contributed by atoms with Gasteiger partial charge in [0.2, 0.25) is 0 Å². The van der Waals surface area contributed by atoms with E-state index in [1.54, 1.807) is 0 Å². The maximum absolute atomic E-state index is 11.8. The Kier molecular flexibility index (Phi) is 3.86. The monoisotopic (exact) mass is 327 g/mol. The fraction of sp³-hybridized carbons (Fsp3) is 0.444. The van der Waals surface area contributed by atoms with Crippen LogP contribution in [0.1, 0.15) is 12.0 Å². The number of aliphatic carboxylic acids is 1. The molecule has 0 aliphatic carbocycles. The number of aromatic nitrogens is 2. The number of fused-ring (bicyclic) bond motifs is 1. The van der Waals surface area contributed by atoms with Gasteiger partial charge < -0.3 is 9.84 Å². The predicted molar refractivity (Wildman–Crippen MR) is 87.8 cm³/mol. The molecule has 0 unspecified atom stereocenters. The maximum atomic E-state index is 11.8. The summed E-state index contributed by atoms with van der Waals surface area (Å²) in [5, 5.41) is 14.2. The van der Waals surface area contributed by atoms with Gasteiger partial charge in [0.1, 0.15) is 0 Å². The average Bonchev–Trinajstić information content (AvgIpc) is 3.20. The third kappa shape index (κ3) is 2.61.